The summed E-state index contributed by atoms with van der Waals surface area (Å²) in [6.07, 6.45) is 1.07. The van der Waals surface area contributed by atoms with Crippen LogP contribution >= 0.6 is 0 Å². The highest BCUT2D eigenvalue weighted by Crippen LogP contribution is 2.29. The van der Waals surface area contributed by atoms with Crippen LogP contribution in [0.5, 0.6) is 0 Å². The van der Waals surface area contributed by atoms with E-state index in [1.54, 1.807) is 0 Å². The van der Waals surface area contributed by atoms with E-state index < -0.39 is 0 Å². The Hall–Kier alpha value is -2.60. The van der Waals surface area contributed by atoms with Gasteiger partial charge in [-0.05, 0) is 36.6 Å². The molecule has 2 rings (SSSR count). The molecule has 2 aromatic rings. The van der Waals surface area contributed by atoms with Crippen molar-refractivity contribution in [2.75, 3.05) is 6.61 Å². The maximum atomic E-state index is 11.6. The number of hydrogen-bond donors (Lipinski definition) is 0. The lowest BCUT2D eigenvalue weighted by Crippen LogP contribution is -2.08. The average molecular weight is 293 g/mol. The molecular formula is C19H19NO2. The molecule has 112 valence electrons. The molecule has 0 fully saturated rings. The normalized spacial score (nSPS) is 11.5. The first-order chi connectivity index (χ1) is 10.7. The number of esters is 1. The minimum Gasteiger partial charge on any atom is -0.466 e. The van der Waals surface area contributed by atoms with Gasteiger partial charge in [0.1, 0.15) is 0 Å². The van der Waals surface area contributed by atoms with Crippen LogP contribution in [-0.2, 0) is 9.53 Å². The zero-order valence-electron chi connectivity index (χ0n) is 12.7. The minimum atomic E-state index is -0.169. The molecule has 0 amide bonds. The Kier molecular flexibility index (Phi) is 5.73. The number of hydrogen-bond acceptors (Lipinski definition) is 3. The van der Waals surface area contributed by atoms with E-state index in [-0.39, 0.29) is 11.9 Å². The molecule has 3 heteroatoms. The molecule has 0 spiro atoms. The Labute approximate surface area is 131 Å². The summed E-state index contributed by atoms with van der Waals surface area (Å²) in [5.41, 5.74) is 2.91. The van der Waals surface area contributed by atoms with Gasteiger partial charge in [-0.2, -0.15) is 5.26 Å². The predicted octanol–water partition coefficient (Wildman–Crippen LogP) is 4.03. The Bertz CT molecular complexity index is 641. The van der Waals surface area contributed by atoms with E-state index in [0.717, 1.165) is 11.1 Å². The van der Waals surface area contributed by atoms with Crippen LogP contribution in [0.2, 0.25) is 0 Å². The lowest BCUT2D eigenvalue weighted by atomic mass is 9.87. The van der Waals surface area contributed by atoms with Crippen molar-refractivity contribution in [2.24, 2.45) is 0 Å². The van der Waals surface area contributed by atoms with E-state index in [0.29, 0.717) is 25.0 Å². The van der Waals surface area contributed by atoms with Gasteiger partial charge in [-0.15, -0.1) is 0 Å². The Morgan fingerprint density at radius 2 is 1.73 bits per heavy atom. The lowest BCUT2D eigenvalue weighted by Gasteiger charge is -2.17. The molecule has 1 unspecified atom stereocenters. The fourth-order valence-electron chi connectivity index (χ4n) is 2.50. The zero-order valence-corrected chi connectivity index (χ0v) is 12.7. The summed E-state index contributed by atoms with van der Waals surface area (Å²) < 4.78 is 5.02. The standard InChI is InChI=1S/C19H19NO2/c1-2-22-19(21)13-12-18(16-6-4-3-5-7-16)17-10-8-15(14-20)9-11-17/h3-11,18H,2,12-13H2,1H3. The number of nitriles is 1. The summed E-state index contributed by atoms with van der Waals surface area (Å²) in [6.45, 7) is 2.22. The summed E-state index contributed by atoms with van der Waals surface area (Å²) in [5.74, 6) is -0.0459. The van der Waals surface area contributed by atoms with Gasteiger partial charge in [-0.3, -0.25) is 4.79 Å². The number of carbonyl (C=O) groups excluding carboxylic acids is 1. The van der Waals surface area contributed by atoms with Gasteiger partial charge in [0.05, 0.1) is 18.2 Å². The van der Waals surface area contributed by atoms with E-state index in [4.69, 9.17) is 10.00 Å². The van der Waals surface area contributed by atoms with Crippen molar-refractivity contribution in [3.05, 3.63) is 71.3 Å². The Morgan fingerprint density at radius 3 is 2.32 bits per heavy atom. The van der Waals surface area contributed by atoms with Crippen LogP contribution in [-0.4, -0.2) is 12.6 Å². The SMILES string of the molecule is CCOC(=O)CCC(c1ccccc1)c1ccc(C#N)cc1. The second-order valence-corrected chi connectivity index (χ2v) is 5.04. The Balaban J connectivity index is 2.21. The van der Waals surface area contributed by atoms with E-state index in [9.17, 15) is 4.79 Å². The predicted molar refractivity (Wildman–Crippen MR) is 85.3 cm³/mol. The highest BCUT2D eigenvalue weighted by atomic mass is 16.5. The van der Waals surface area contributed by atoms with Crippen LogP contribution < -0.4 is 0 Å². The molecule has 0 aromatic heterocycles. The molecular weight excluding hydrogens is 274 g/mol. The summed E-state index contributed by atoms with van der Waals surface area (Å²) in [5, 5.41) is 8.91. The monoisotopic (exact) mass is 293 g/mol. The maximum Gasteiger partial charge on any atom is 0.305 e. The van der Waals surface area contributed by atoms with E-state index >= 15 is 0 Å². The van der Waals surface area contributed by atoms with Crippen LogP contribution in [0.1, 0.15) is 42.4 Å². The van der Waals surface area contributed by atoms with Crippen LogP contribution in [0.3, 0.4) is 0 Å². The average Bonchev–Trinajstić information content (AvgIpc) is 2.57. The van der Waals surface area contributed by atoms with Crippen LogP contribution in [0.4, 0.5) is 0 Å². The molecule has 0 N–H and O–H groups in total. The summed E-state index contributed by atoms with van der Waals surface area (Å²) >= 11 is 0. The third kappa shape index (κ3) is 4.20. The second-order valence-electron chi connectivity index (χ2n) is 5.04. The zero-order chi connectivity index (χ0) is 15.8. The number of rotatable bonds is 6. The molecule has 0 saturated carbocycles. The lowest BCUT2D eigenvalue weighted by molar-refractivity contribution is -0.143. The van der Waals surface area contributed by atoms with E-state index in [1.165, 1.54) is 0 Å². The molecule has 0 aliphatic carbocycles. The van der Waals surface area contributed by atoms with Crippen molar-refractivity contribution < 1.29 is 9.53 Å². The molecule has 1 atom stereocenters. The molecule has 2 aromatic carbocycles. The molecule has 22 heavy (non-hydrogen) atoms. The van der Waals surface area contributed by atoms with Crippen molar-refractivity contribution in [3.8, 4) is 6.07 Å². The molecule has 0 radical (unpaired) electrons. The van der Waals surface area contributed by atoms with Crippen molar-refractivity contribution in [1.29, 1.82) is 5.26 Å². The van der Waals surface area contributed by atoms with E-state index in [2.05, 4.69) is 18.2 Å². The molecule has 3 nitrogen and oxygen atoms in total. The first-order valence-corrected chi connectivity index (χ1v) is 7.45. The fourth-order valence-corrected chi connectivity index (χ4v) is 2.50. The summed E-state index contributed by atoms with van der Waals surface area (Å²) in [6, 6.07) is 19.8. The van der Waals surface area contributed by atoms with Crippen molar-refractivity contribution in [2.45, 2.75) is 25.7 Å². The van der Waals surface area contributed by atoms with E-state index in [1.807, 2.05) is 49.4 Å². The highest BCUT2D eigenvalue weighted by Gasteiger charge is 2.16. The molecule has 0 bridgehead atoms. The molecule has 0 heterocycles. The third-order valence-electron chi connectivity index (χ3n) is 3.59. The van der Waals surface area contributed by atoms with Gasteiger partial charge in [-0.1, -0.05) is 42.5 Å². The smallest absolute Gasteiger partial charge is 0.305 e. The van der Waals surface area contributed by atoms with Gasteiger partial charge in [-0.25, -0.2) is 0 Å². The first-order valence-electron chi connectivity index (χ1n) is 7.45. The van der Waals surface area contributed by atoms with Gasteiger partial charge in [0, 0.05) is 12.3 Å². The van der Waals surface area contributed by atoms with Gasteiger partial charge in [0.2, 0.25) is 0 Å². The largest absolute Gasteiger partial charge is 0.466 e. The topological polar surface area (TPSA) is 50.1 Å². The number of benzene rings is 2. The maximum absolute atomic E-state index is 11.6. The van der Waals surface area contributed by atoms with Crippen LogP contribution in [0.15, 0.2) is 54.6 Å². The second kappa shape index (κ2) is 7.99. The minimum absolute atomic E-state index is 0.123. The van der Waals surface area contributed by atoms with Gasteiger partial charge in [0.25, 0.3) is 0 Å². The van der Waals surface area contributed by atoms with Crippen molar-refractivity contribution >= 4 is 5.97 Å². The molecule has 0 aliphatic rings. The van der Waals surface area contributed by atoms with Crippen LogP contribution in [0, 0.1) is 11.3 Å². The van der Waals surface area contributed by atoms with Gasteiger partial charge < -0.3 is 4.74 Å². The molecule has 0 saturated heterocycles. The Morgan fingerprint density at radius 1 is 1.09 bits per heavy atom. The van der Waals surface area contributed by atoms with Crippen molar-refractivity contribution in [1.82, 2.24) is 0 Å². The number of carbonyl (C=O) groups is 1. The first kappa shape index (κ1) is 15.8. The van der Waals surface area contributed by atoms with Gasteiger partial charge in [0.15, 0.2) is 0 Å². The third-order valence-corrected chi connectivity index (χ3v) is 3.59. The number of nitrogens with zero attached hydrogens (tertiary/aromatic N) is 1. The highest BCUT2D eigenvalue weighted by molar-refractivity contribution is 5.69. The molecule has 0 aliphatic heterocycles. The summed E-state index contributed by atoms with van der Waals surface area (Å²) in [7, 11) is 0. The number of ether oxygens (including phenoxy) is 1. The quantitative estimate of drug-likeness (QED) is 0.755. The van der Waals surface area contributed by atoms with Crippen molar-refractivity contribution in [3.63, 3.8) is 0 Å². The summed E-state index contributed by atoms with van der Waals surface area (Å²) in [4.78, 5) is 11.6. The van der Waals surface area contributed by atoms with Gasteiger partial charge >= 0.3 is 5.97 Å². The fraction of sp³-hybridized carbons (Fsp3) is 0.263. The van der Waals surface area contributed by atoms with Crippen LogP contribution in [0.25, 0.3) is 0 Å².